The minimum atomic E-state index is -3.71. The zero-order valence-electron chi connectivity index (χ0n) is 15.7. The third kappa shape index (κ3) is 4.53. The van der Waals surface area contributed by atoms with E-state index in [1.807, 2.05) is 6.92 Å². The molecule has 2 aromatic heterocycles. The summed E-state index contributed by atoms with van der Waals surface area (Å²) in [5.41, 5.74) is 1.70. The Bertz CT molecular complexity index is 1110. The third-order valence-electron chi connectivity index (χ3n) is 4.43. The molecule has 0 atom stereocenters. The number of hydrogen-bond acceptors (Lipinski definition) is 9. The average molecular weight is 433 g/mol. The molecule has 3 N–H and O–H groups in total. The first-order valence-corrected chi connectivity index (χ1v) is 11.3. The molecule has 9 nitrogen and oxygen atoms in total. The summed E-state index contributed by atoms with van der Waals surface area (Å²) in [6.07, 6.45) is 3.39. The molecule has 3 heterocycles. The lowest BCUT2D eigenvalue weighted by Gasteiger charge is -2.27. The van der Waals surface area contributed by atoms with Gasteiger partial charge in [-0.15, -0.1) is 0 Å². The maximum Gasteiger partial charge on any atom is 0.238 e. The zero-order chi connectivity index (χ0) is 20.4. The van der Waals surface area contributed by atoms with E-state index in [0.717, 1.165) is 35.0 Å². The van der Waals surface area contributed by atoms with E-state index in [4.69, 9.17) is 9.88 Å². The molecule has 11 heteroatoms. The maximum atomic E-state index is 11.4. The van der Waals surface area contributed by atoms with Gasteiger partial charge in [-0.25, -0.2) is 23.5 Å². The molecule has 0 radical (unpaired) electrons. The van der Waals surface area contributed by atoms with Crippen molar-refractivity contribution < 1.29 is 13.2 Å². The maximum absolute atomic E-state index is 11.4. The molecule has 1 fully saturated rings. The molecule has 0 aliphatic carbocycles. The van der Waals surface area contributed by atoms with Gasteiger partial charge >= 0.3 is 0 Å². The molecule has 1 saturated heterocycles. The van der Waals surface area contributed by atoms with Gasteiger partial charge in [0.1, 0.15) is 5.82 Å². The molecule has 0 bridgehead atoms. The quantitative estimate of drug-likeness (QED) is 0.628. The highest BCUT2D eigenvalue weighted by atomic mass is 32.2. The van der Waals surface area contributed by atoms with Gasteiger partial charge in [0.25, 0.3) is 0 Å². The summed E-state index contributed by atoms with van der Waals surface area (Å²) < 4.78 is 28.2. The number of ether oxygens (including phenoxy) is 1. The van der Waals surface area contributed by atoms with Crippen LogP contribution in [0.5, 0.6) is 0 Å². The summed E-state index contributed by atoms with van der Waals surface area (Å²) in [6.45, 7) is 4.83. The van der Waals surface area contributed by atoms with Crippen molar-refractivity contribution in [1.82, 2.24) is 15.0 Å². The molecule has 0 unspecified atom stereocenters. The zero-order valence-corrected chi connectivity index (χ0v) is 17.3. The minimum absolute atomic E-state index is 0.0805. The molecule has 152 valence electrons. The molecular weight excluding hydrogens is 412 g/mol. The van der Waals surface area contributed by atoms with Crippen molar-refractivity contribution in [1.29, 1.82) is 0 Å². The van der Waals surface area contributed by atoms with E-state index in [0.29, 0.717) is 24.2 Å². The Hall–Kier alpha value is -2.60. The predicted molar refractivity (Wildman–Crippen MR) is 112 cm³/mol. The summed E-state index contributed by atoms with van der Waals surface area (Å²) in [7, 11) is -3.71. The summed E-state index contributed by atoms with van der Waals surface area (Å²) >= 11 is 1.46. The molecule has 1 aromatic carbocycles. The van der Waals surface area contributed by atoms with Crippen LogP contribution in [0.4, 0.5) is 16.8 Å². The topological polar surface area (TPSA) is 123 Å². The van der Waals surface area contributed by atoms with Crippen molar-refractivity contribution in [3.63, 3.8) is 0 Å². The third-order valence-corrected chi connectivity index (χ3v) is 6.48. The second kappa shape index (κ2) is 8.03. The number of morpholine rings is 1. The smallest absolute Gasteiger partial charge is 0.238 e. The fraction of sp³-hybridized carbons (Fsp3) is 0.278. The molecule has 0 saturated carbocycles. The summed E-state index contributed by atoms with van der Waals surface area (Å²) in [4.78, 5) is 16.6. The van der Waals surface area contributed by atoms with Gasteiger partial charge in [-0.1, -0.05) is 23.5 Å². The highest BCUT2D eigenvalue weighted by molar-refractivity contribution is 7.89. The first kappa shape index (κ1) is 19.7. The lowest BCUT2D eigenvalue weighted by Crippen LogP contribution is -2.36. The van der Waals surface area contributed by atoms with E-state index in [9.17, 15) is 8.42 Å². The Balaban J connectivity index is 1.54. The van der Waals surface area contributed by atoms with Crippen molar-refractivity contribution >= 4 is 38.1 Å². The standard InChI is InChI=1S/C18H20N6O3S2/c1-12-17(13-2-4-14(5-3-13)29(19,25)26)28-18(21-12)23-15-10-20-11-16(22-15)24-6-8-27-9-7-24/h2-5,10-11H,6-9H2,1H3,(H2,19,25,26)(H,21,22,23). The van der Waals surface area contributed by atoms with Crippen LogP contribution in [0.2, 0.25) is 0 Å². The number of aryl methyl sites for hydroxylation is 1. The average Bonchev–Trinajstić information content (AvgIpc) is 3.08. The Morgan fingerprint density at radius 2 is 1.86 bits per heavy atom. The number of primary sulfonamides is 1. The SMILES string of the molecule is Cc1nc(Nc2cncc(N3CCOCC3)n2)sc1-c1ccc(S(N)(=O)=O)cc1. The summed E-state index contributed by atoms with van der Waals surface area (Å²) in [5, 5.41) is 9.05. The van der Waals surface area contributed by atoms with Gasteiger partial charge in [-0.2, -0.15) is 0 Å². The van der Waals surface area contributed by atoms with Crippen LogP contribution >= 0.6 is 11.3 Å². The highest BCUT2D eigenvalue weighted by Gasteiger charge is 2.15. The van der Waals surface area contributed by atoms with Crippen LogP contribution < -0.4 is 15.4 Å². The largest absolute Gasteiger partial charge is 0.378 e. The van der Waals surface area contributed by atoms with Crippen molar-refractivity contribution in [3.8, 4) is 10.4 Å². The highest BCUT2D eigenvalue weighted by Crippen LogP contribution is 2.34. The van der Waals surface area contributed by atoms with Crippen molar-refractivity contribution in [2.75, 3.05) is 36.5 Å². The van der Waals surface area contributed by atoms with Crippen LogP contribution in [0.1, 0.15) is 5.69 Å². The molecule has 4 rings (SSSR count). The number of nitrogens with one attached hydrogen (secondary N) is 1. The van der Waals surface area contributed by atoms with E-state index >= 15 is 0 Å². The van der Waals surface area contributed by atoms with Crippen LogP contribution in [0.15, 0.2) is 41.6 Å². The Morgan fingerprint density at radius 1 is 1.14 bits per heavy atom. The van der Waals surface area contributed by atoms with Gasteiger partial charge < -0.3 is 15.0 Å². The van der Waals surface area contributed by atoms with E-state index in [1.165, 1.54) is 23.5 Å². The van der Waals surface area contributed by atoms with Gasteiger partial charge in [0.05, 0.1) is 41.1 Å². The Labute approximate surface area is 172 Å². The molecule has 0 amide bonds. The summed E-state index contributed by atoms with van der Waals surface area (Å²) in [6, 6.07) is 6.44. The van der Waals surface area contributed by atoms with Gasteiger partial charge in [-0.3, -0.25) is 4.98 Å². The molecule has 3 aromatic rings. The van der Waals surface area contributed by atoms with Crippen molar-refractivity contribution in [2.45, 2.75) is 11.8 Å². The van der Waals surface area contributed by atoms with Crippen LogP contribution in [-0.2, 0) is 14.8 Å². The number of sulfonamides is 1. The van der Waals surface area contributed by atoms with E-state index in [2.05, 4.69) is 25.2 Å². The van der Waals surface area contributed by atoms with Crippen molar-refractivity contribution in [3.05, 3.63) is 42.4 Å². The fourth-order valence-corrected chi connectivity index (χ4v) is 4.48. The summed E-state index contributed by atoms with van der Waals surface area (Å²) in [5.74, 6) is 1.41. The first-order chi connectivity index (χ1) is 13.9. The monoisotopic (exact) mass is 432 g/mol. The minimum Gasteiger partial charge on any atom is -0.378 e. The number of nitrogens with zero attached hydrogens (tertiary/aromatic N) is 4. The van der Waals surface area contributed by atoms with Gasteiger partial charge in [0.15, 0.2) is 10.9 Å². The van der Waals surface area contributed by atoms with Gasteiger partial charge in [0, 0.05) is 13.1 Å². The number of benzene rings is 1. The Morgan fingerprint density at radius 3 is 2.55 bits per heavy atom. The normalized spacial score (nSPS) is 14.8. The van der Waals surface area contributed by atoms with Crippen molar-refractivity contribution in [2.24, 2.45) is 5.14 Å². The number of rotatable bonds is 5. The predicted octanol–water partition coefficient (Wildman–Crippen LogP) is 2.14. The van der Waals surface area contributed by atoms with Crippen LogP contribution in [0.25, 0.3) is 10.4 Å². The first-order valence-electron chi connectivity index (χ1n) is 8.92. The van der Waals surface area contributed by atoms with Gasteiger partial charge in [-0.05, 0) is 24.6 Å². The van der Waals surface area contributed by atoms with E-state index in [-0.39, 0.29) is 4.90 Å². The van der Waals surface area contributed by atoms with E-state index in [1.54, 1.807) is 24.5 Å². The van der Waals surface area contributed by atoms with Crippen LogP contribution in [0, 0.1) is 6.92 Å². The lowest BCUT2D eigenvalue weighted by atomic mass is 10.2. The number of nitrogens with two attached hydrogens (primary N) is 1. The number of anilines is 3. The van der Waals surface area contributed by atoms with E-state index < -0.39 is 10.0 Å². The second-order valence-corrected chi connectivity index (χ2v) is 9.05. The molecule has 1 aliphatic heterocycles. The second-order valence-electron chi connectivity index (χ2n) is 6.49. The number of thiazole rings is 1. The van der Waals surface area contributed by atoms with Crippen LogP contribution in [0.3, 0.4) is 0 Å². The fourth-order valence-electron chi connectivity index (χ4n) is 2.98. The number of aromatic nitrogens is 3. The van der Waals surface area contributed by atoms with Gasteiger partial charge in [0.2, 0.25) is 10.0 Å². The number of hydrogen-bond donors (Lipinski definition) is 2. The molecule has 29 heavy (non-hydrogen) atoms. The lowest BCUT2D eigenvalue weighted by molar-refractivity contribution is 0.122. The van der Waals surface area contributed by atoms with Crippen LogP contribution in [-0.4, -0.2) is 49.7 Å². The Kier molecular flexibility index (Phi) is 5.46. The molecular formula is C18H20N6O3S2. The molecule has 1 aliphatic rings. The molecule has 0 spiro atoms.